The number of benzene rings is 3. The average Bonchev–Trinajstić information content (AvgIpc) is 2.68. The summed E-state index contributed by atoms with van der Waals surface area (Å²) in [4.78, 5) is 19.9. The number of nitrogens with one attached hydrogen (secondary N) is 1. The minimum Gasteiger partial charge on any atom is -0.306 e. The van der Waals surface area contributed by atoms with Gasteiger partial charge in [-0.05, 0) is 35.4 Å². The van der Waals surface area contributed by atoms with Gasteiger partial charge < -0.3 is 4.98 Å². The van der Waals surface area contributed by atoms with Crippen LogP contribution >= 0.6 is 0 Å². The van der Waals surface area contributed by atoms with E-state index in [9.17, 15) is 4.79 Å². The summed E-state index contributed by atoms with van der Waals surface area (Å²) in [6.45, 7) is 0. The third kappa shape index (κ3) is 2.68. The molecule has 1 N–H and O–H groups in total. The number of nitrogens with zero attached hydrogens (tertiary/aromatic N) is 2. The minimum absolute atomic E-state index is 0.166. The van der Waals surface area contributed by atoms with Crippen LogP contribution in [0.2, 0.25) is 0 Å². The lowest BCUT2D eigenvalue weighted by molar-refractivity contribution is 1.18. The van der Waals surface area contributed by atoms with Crippen molar-refractivity contribution in [1.82, 2.24) is 9.97 Å². The number of H-pyrrole nitrogens is 1. The van der Waals surface area contributed by atoms with Gasteiger partial charge in [-0.1, -0.05) is 48.5 Å². The van der Waals surface area contributed by atoms with Gasteiger partial charge in [0.05, 0.1) is 22.5 Å². The molecule has 4 nitrogen and oxygen atoms in total. The summed E-state index contributed by atoms with van der Waals surface area (Å²) >= 11 is 0. The Bertz CT molecular complexity index is 1190. The normalized spacial score (nSPS) is 10.5. The minimum atomic E-state index is -0.166. The Morgan fingerprint density at radius 2 is 1.64 bits per heavy atom. The molecule has 4 aromatic rings. The van der Waals surface area contributed by atoms with E-state index in [1.165, 1.54) is 0 Å². The maximum absolute atomic E-state index is 12.4. The van der Waals surface area contributed by atoms with Crippen molar-refractivity contribution in [2.24, 2.45) is 0 Å². The van der Waals surface area contributed by atoms with Gasteiger partial charge in [-0.2, -0.15) is 5.26 Å². The van der Waals surface area contributed by atoms with Gasteiger partial charge in [0, 0.05) is 5.56 Å². The fourth-order valence-corrected chi connectivity index (χ4v) is 2.91. The van der Waals surface area contributed by atoms with E-state index >= 15 is 0 Å². The van der Waals surface area contributed by atoms with Gasteiger partial charge >= 0.3 is 0 Å². The van der Waals surface area contributed by atoms with Crippen molar-refractivity contribution in [3.05, 3.63) is 88.7 Å². The molecule has 0 amide bonds. The van der Waals surface area contributed by atoms with Crippen LogP contribution in [0, 0.1) is 11.3 Å². The molecule has 1 heterocycles. The van der Waals surface area contributed by atoms with Gasteiger partial charge in [0.1, 0.15) is 5.82 Å². The molecule has 25 heavy (non-hydrogen) atoms. The third-order valence-electron chi connectivity index (χ3n) is 4.10. The van der Waals surface area contributed by atoms with Gasteiger partial charge in [0.15, 0.2) is 0 Å². The van der Waals surface area contributed by atoms with Crippen molar-refractivity contribution in [2.45, 2.75) is 0 Å². The van der Waals surface area contributed by atoms with Crippen molar-refractivity contribution >= 4 is 10.9 Å². The fraction of sp³-hybridized carbons (Fsp3) is 0. The van der Waals surface area contributed by atoms with Crippen LogP contribution in [-0.2, 0) is 0 Å². The summed E-state index contributed by atoms with van der Waals surface area (Å²) in [5, 5.41) is 9.71. The van der Waals surface area contributed by atoms with Crippen LogP contribution in [0.1, 0.15) is 5.56 Å². The van der Waals surface area contributed by atoms with Crippen molar-refractivity contribution in [1.29, 1.82) is 5.26 Å². The van der Waals surface area contributed by atoms with E-state index in [2.05, 4.69) is 16.0 Å². The lowest BCUT2D eigenvalue weighted by Crippen LogP contribution is -2.09. The highest BCUT2D eigenvalue weighted by Gasteiger charge is 2.11. The molecule has 3 aromatic carbocycles. The third-order valence-corrected chi connectivity index (χ3v) is 4.10. The van der Waals surface area contributed by atoms with Gasteiger partial charge in [0.25, 0.3) is 5.56 Å². The molecule has 0 saturated carbocycles. The molecule has 0 fully saturated rings. The van der Waals surface area contributed by atoms with Crippen LogP contribution in [0.15, 0.2) is 77.6 Å². The van der Waals surface area contributed by atoms with Crippen LogP contribution in [0.4, 0.5) is 0 Å². The predicted octanol–water partition coefficient (Wildman–Crippen LogP) is 4.13. The van der Waals surface area contributed by atoms with Gasteiger partial charge in [-0.3, -0.25) is 4.79 Å². The van der Waals surface area contributed by atoms with E-state index in [0.29, 0.717) is 22.3 Å². The van der Waals surface area contributed by atoms with E-state index in [-0.39, 0.29) is 5.56 Å². The zero-order chi connectivity index (χ0) is 17.2. The van der Waals surface area contributed by atoms with E-state index in [0.717, 1.165) is 16.7 Å². The van der Waals surface area contributed by atoms with Crippen molar-refractivity contribution in [2.75, 3.05) is 0 Å². The molecule has 1 aromatic heterocycles. The summed E-state index contributed by atoms with van der Waals surface area (Å²) in [7, 11) is 0. The molecule has 0 spiro atoms. The van der Waals surface area contributed by atoms with Gasteiger partial charge in [-0.25, -0.2) is 4.98 Å². The van der Waals surface area contributed by atoms with Gasteiger partial charge in [-0.15, -0.1) is 0 Å². The van der Waals surface area contributed by atoms with Crippen molar-refractivity contribution in [3.63, 3.8) is 0 Å². The number of aromatic amines is 1. The maximum atomic E-state index is 12.4. The molecule has 0 aliphatic heterocycles. The van der Waals surface area contributed by atoms with Crippen LogP contribution < -0.4 is 5.56 Å². The highest BCUT2D eigenvalue weighted by Crippen LogP contribution is 2.30. The number of aromatic nitrogens is 2. The number of nitriles is 1. The molecule has 0 saturated heterocycles. The van der Waals surface area contributed by atoms with E-state index in [1.807, 2.05) is 60.7 Å². The molecule has 0 bridgehead atoms. The second kappa shape index (κ2) is 6.06. The molecule has 0 unspecified atom stereocenters. The van der Waals surface area contributed by atoms with Crippen molar-refractivity contribution in [3.8, 4) is 28.6 Å². The lowest BCUT2D eigenvalue weighted by Gasteiger charge is -2.10. The Morgan fingerprint density at radius 3 is 2.48 bits per heavy atom. The molecule has 0 radical (unpaired) electrons. The molecule has 4 heteroatoms. The Balaban J connectivity index is 1.96. The summed E-state index contributed by atoms with van der Waals surface area (Å²) < 4.78 is 0. The highest BCUT2D eigenvalue weighted by molar-refractivity contribution is 5.84. The molecule has 4 rings (SSSR count). The molecular weight excluding hydrogens is 310 g/mol. The first-order valence-corrected chi connectivity index (χ1v) is 7.85. The zero-order valence-corrected chi connectivity index (χ0v) is 13.2. The Hall–Kier alpha value is -3.71. The average molecular weight is 323 g/mol. The highest BCUT2D eigenvalue weighted by atomic mass is 16.1. The Labute approximate surface area is 144 Å². The second-order valence-electron chi connectivity index (χ2n) is 5.67. The number of hydrogen-bond donors (Lipinski definition) is 1. The van der Waals surface area contributed by atoms with E-state index in [1.54, 1.807) is 12.1 Å². The summed E-state index contributed by atoms with van der Waals surface area (Å²) in [6, 6.07) is 24.5. The second-order valence-corrected chi connectivity index (χ2v) is 5.67. The SMILES string of the molecule is N#Cc1cccc(-c2ccccc2-c2nc3ccccc3c(=O)[nH]2)c1. The maximum Gasteiger partial charge on any atom is 0.259 e. The lowest BCUT2D eigenvalue weighted by atomic mass is 9.98. The Kier molecular flexibility index (Phi) is 3.60. The first kappa shape index (κ1) is 14.9. The molecular formula is C21H13N3O. The number of rotatable bonds is 2. The first-order valence-electron chi connectivity index (χ1n) is 7.85. The summed E-state index contributed by atoms with van der Waals surface area (Å²) in [6.07, 6.45) is 0. The van der Waals surface area contributed by atoms with E-state index < -0.39 is 0 Å². The molecule has 0 atom stereocenters. The van der Waals surface area contributed by atoms with Crippen LogP contribution in [0.25, 0.3) is 33.4 Å². The summed E-state index contributed by atoms with van der Waals surface area (Å²) in [5.41, 5.74) is 3.72. The Morgan fingerprint density at radius 1 is 0.880 bits per heavy atom. The molecule has 118 valence electrons. The van der Waals surface area contributed by atoms with Crippen molar-refractivity contribution < 1.29 is 0 Å². The quantitative estimate of drug-likeness (QED) is 0.603. The van der Waals surface area contributed by atoms with E-state index in [4.69, 9.17) is 5.26 Å². The molecule has 0 aliphatic rings. The number of para-hydroxylation sites is 1. The smallest absolute Gasteiger partial charge is 0.259 e. The standard InChI is InChI=1S/C21H13N3O/c22-13-14-6-5-7-15(12-14)16-8-1-2-9-17(16)20-23-19-11-4-3-10-18(19)21(25)24-20/h1-12H,(H,23,24,25). The van der Waals surface area contributed by atoms with Crippen LogP contribution in [0.3, 0.4) is 0 Å². The zero-order valence-electron chi connectivity index (χ0n) is 13.2. The molecule has 0 aliphatic carbocycles. The first-order chi connectivity index (χ1) is 12.3. The van der Waals surface area contributed by atoms with Crippen LogP contribution in [0.5, 0.6) is 0 Å². The van der Waals surface area contributed by atoms with Gasteiger partial charge in [0.2, 0.25) is 0 Å². The fourth-order valence-electron chi connectivity index (χ4n) is 2.91. The predicted molar refractivity (Wildman–Crippen MR) is 98.0 cm³/mol. The monoisotopic (exact) mass is 323 g/mol. The topological polar surface area (TPSA) is 69.5 Å². The largest absolute Gasteiger partial charge is 0.306 e. The number of hydrogen-bond acceptors (Lipinski definition) is 3. The summed E-state index contributed by atoms with van der Waals surface area (Å²) in [5.74, 6) is 0.515. The van der Waals surface area contributed by atoms with Crippen LogP contribution in [-0.4, -0.2) is 9.97 Å². The number of fused-ring (bicyclic) bond motifs is 1.